The second-order valence-electron chi connectivity index (χ2n) is 4.54. The number of hydrogen-bond donors (Lipinski definition) is 5. The van der Waals surface area contributed by atoms with Gasteiger partial charge in [-0.05, 0) is 0 Å². The summed E-state index contributed by atoms with van der Waals surface area (Å²) in [4.78, 5) is 34.1. The van der Waals surface area contributed by atoms with E-state index in [9.17, 15) is 19.5 Å². The predicted molar refractivity (Wildman–Crippen MR) is 64.6 cm³/mol. The fourth-order valence-electron chi connectivity index (χ4n) is 2.15. The maximum Gasteiger partial charge on any atom is 0.335 e. The molecule has 1 aliphatic heterocycles. The number of carboxylic acids is 1. The number of ether oxygens (including phenoxy) is 1. The van der Waals surface area contributed by atoms with Gasteiger partial charge >= 0.3 is 5.97 Å². The molecule has 0 unspecified atom stereocenters. The molecule has 1 aliphatic rings. The molecule has 9 heteroatoms. The number of nitrogens with one attached hydrogen (secondary N) is 2. The molecular weight excluding hydrogens is 272 g/mol. The molecule has 0 aliphatic carbocycles. The zero-order valence-corrected chi connectivity index (χ0v) is 11.0. The van der Waals surface area contributed by atoms with Crippen LogP contribution in [0.15, 0.2) is 0 Å². The largest absolute Gasteiger partial charge is 0.479 e. The maximum atomic E-state index is 11.6. The van der Waals surface area contributed by atoms with Crippen molar-refractivity contribution in [2.75, 3.05) is 6.61 Å². The molecule has 0 saturated carbocycles. The summed E-state index contributed by atoms with van der Waals surface area (Å²) in [7, 11) is 0. The van der Waals surface area contributed by atoms with Crippen LogP contribution in [0.25, 0.3) is 1.43 Å². The van der Waals surface area contributed by atoms with Crippen LogP contribution in [0.4, 0.5) is 0 Å². The van der Waals surface area contributed by atoms with Crippen molar-refractivity contribution < 1.29 is 34.4 Å². The topological polar surface area (TPSA) is 145 Å². The number of carboxylic acid groups (broad SMARTS) is 1. The molecular formula is C11H18N2O7. The summed E-state index contributed by atoms with van der Waals surface area (Å²) < 4.78 is 11.8. The molecule has 114 valence electrons. The van der Waals surface area contributed by atoms with E-state index in [0.717, 1.165) is 0 Å². The second kappa shape index (κ2) is 6.64. The van der Waals surface area contributed by atoms with Crippen molar-refractivity contribution in [2.24, 2.45) is 0 Å². The van der Waals surface area contributed by atoms with Crippen LogP contribution in [0.2, 0.25) is 0 Å². The Morgan fingerprint density at radius 1 is 1.20 bits per heavy atom. The molecule has 9 nitrogen and oxygen atoms in total. The van der Waals surface area contributed by atoms with Gasteiger partial charge in [-0.1, -0.05) is 0 Å². The number of carbonyl (C=O) groups is 3. The summed E-state index contributed by atoms with van der Waals surface area (Å²) in [5.74, 6) is -2.16. The second-order valence-corrected chi connectivity index (χ2v) is 4.54. The number of aliphatic carboxylic acids is 1. The first kappa shape index (κ1) is 14.7. The van der Waals surface area contributed by atoms with Gasteiger partial charge in [0.15, 0.2) is 6.10 Å². The first-order valence-corrected chi connectivity index (χ1v) is 5.97. The highest BCUT2D eigenvalue weighted by Gasteiger charge is 2.48. The van der Waals surface area contributed by atoms with Gasteiger partial charge in [-0.2, -0.15) is 0 Å². The summed E-state index contributed by atoms with van der Waals surface area (Å²) in [5.41, 5.74) is 0. The Hall–Kier alpha value is -1.71. The summed E-state index contributed by atoms with van der Waals surface area (Å²) >= 11 is 0. The molecule has 2 amide bonds. The number of hydrogen-bond acceptors (Lipinski definition) is 7. The van der Waals surface area contributed by atoms with Crippen molar-refractivity contribution in [3.63, 3.8) is 0 Å². The van der Waals surface area contributed by atoms with Crippen molar-refractivity contribution in [3.05, 3.63) is 0 Å². The van der Waals surface area contributed by atoms with Gasteiger partial charge in [0, 0.05) is 13.8 Å². The lowest BCUT2D eigenvalue weighted by molar-refractivity contribution is -0.187. The Balaban J connectivity index is 3.12. The van der Waals surface area contributed by atoms with Gasteiger partial charge in [-0.3, -0.25) is 9.59 Å². The third-order valence-corrected chi connectivity index (χ3v) is 2.94. The third kappa shape index (κ3) is 3.65. The van der Waals surface area contributed by atoms with Crippen LogP contribution >= 0.6 is 0 Å². The van der Waals surface area contributed by atoms with Gasteiger partial charge < -0.3 is 30.7 Å². The molecule has 1 fully saturated rings. The Morgan fingerprint density at radius 2 is 1.75 bits per heavy atom. The van der Waals surface area contributed by atoms with Gasteiger partial charge in [0.1, 0.15) is 12.2 Å². The van der Waals surface area contributed by atoms with Gasteiger partial charge in [-0.25, -0.2) is 4.79 Å². The molecule has 0 spiro atoms. The molecule has 0 aromatic carbocycles. The molecule has 1 heterocycles. The molecule has 0 aromatic rings. The van der Waals surface area contributed by atoms with E-state index < -0.39 is 54.8 Å². The molecule has 5 atom stereocenters. The van der Waals surface area contributed by atoms with Gasteiger partial charge in [0.25, 0.3) is 1.43 Å². The molecule has 1 saturated heterocycles. The number of rotatable bonds is 4. The average Bonchev–Trinajstić information content (AvgIpc) is 2.41. The number of aliphatic hydroxyl groups excluding tert-OH is 2. The Labute approximate surface area is 116 Å². The van der Waals surface area contributed by atoms with E-state index in [4.69, 9.17) is 11.3 Å². The lowest BCUT2D eigenvalue weighted by atomic mass is 9.90. The van der Waals surface area contributed by atoms with Crippen LogP contribution in [-0.2, 0) is 19.1 Å². The number of amides is 2. The molecule has 0 bridgehead atoms. The van der Waals surface area contributed by atoms with Crippen molar-refractivity contribution >= 4 is 17.8 Å². The molecule has 20 heavy (non-hydrogen) atoms. The molecule has 1 rings (SSSR count). The van der Waals surface area contributed by atoms with Crippen LogP contribution in [-0.4, -0.2) is 70.1 Å². The average molecular weight is 291 g/mol. The zero-order chi connectivity index (χ0) is 16.2. The third-order valence-electron chi connectivity index (χ3n) is 2.94. The highest BCUT2D eigenvalue weighted by atomic mass is 16.5. The number of carbonyl (C=O) groups excluding carboxylic acids is 2. The van der Waals surface area contributed by atoms with E-state index in [1.165, 1.54) is 13.8 Å². The van der Waals surface area contributed by atoms with Crippen LogP contribution in [0, 0.1) is 0 Å². The summed E-state index contributed by atoms with van der Waals surface area (Å²) in [6, 6.07) is -2.22. The lowest BCUT2D eigenvalue weighted by Gasteiger charge is -2.43. The van der Waals surface area contributed by atoms with Gasteiger partial charge in [-0.15, -0.1) is 0 Å². The highest BCUT2D eigenvalue weighted by Crippen LogP contribution is 2.21. The Bertz CT molecular complexity index is 419. The van der Waals surface area contributed by atoms with E-state index in [-0.39, 0.29) is 0 Å². The van der Waals surface area contributed by atoms with Crippen LogP contribution in [0.3, 0.4) is 0 Å². The summed E-state index contributed by atoms with van der Waals surface area (Å²) in [5, 5.41) is 27.9. The quantitative estimate of drug-likeness (QED) is 0.376. The summed E-state index contributed by atoms with van der Waals surface area (Å²) in [6.45, 7) is 1.75. The van der Waals surface area contributed by atoms with Gasteiger partial charge in [0.05, 0.1) is 18.7 Å². The van der Waals surface area contributed by atoms with Crippen molar-refractivity contribution in [1.82, 2.24) is 10.6 Å². The fraction of sp³-hybridized carbons (Fsp3) is 0.727. The summed E-state index contributed by atoms with van der Waals surface area (Å²) in [6.07, 6.45) is -3.97. The Morgan fingerprint density at radius 3 is 2.20 bits per heavy atom. The minimum Gasteiger partial charge on any atom is -0.479 e. The van der Waals surface area contributed by atoms with Crippen molar-refractivity contribution in [3.8, 4) is 0 Å². The minimum absolute atomic E-state index is 0.508. The van der Waals surface area contributed by atoms with Gasteiger partial charge in [0.2, 0.25) is 11.8 Å². The normalized spacial score (nSPS) is 33.8. The van der Waals surface area contributed by atoms with E-state index in [0.29, 0.717) is 0 Å². The predicted octanol–water partition coefficient (Wildman–Crippen LogP) is -2.80. The van der Waals surface area contributed by atoms with E-state index >= 15 is 0 Å². The highest BCUT2D eigenvalue weighted by molar-refractivity contribution is 5.79. The zero-order valence-electron chi connectivity index (χ0n) is 12.0. The molecule has 5 N–H and O–H groups in total. The molecule has 0 radical (unpaired) electrons. The number of aliphatic hydroxyl groups is 2. The minimum atomic E-state index is -1.44. The Kier molecular flexibility index (Phi) is 4.88. The van der Waals surface area contributed by atoms with E-state index in [1.54, 1.807) is 0 Å². The standard InChI is InChI=1S/C11H18N2O7/c1-4(15)12-7-8(13-5(2)16)10(11(18)19)20-6(3-14)9(7)17/h6-10,14,17H,3H2,1-2H3,(H,12,15)(H,13,16)(H,18,19)/t6-,7-,8+,9-,10-/m1/s1/i/hD. The fourth-order valence-corrected chi connectivity index (χ4v) is 2.15. The monoisotopic (exact) mass is 291 g/mol. The maximum absolute atomic E-state index is 11.6. The SMILES string of the molecule is [2H]OC(=O)[C@@H]1O[C@H](CO)[C@@H](O)[C@H](NC(C)=O)[C@@H]1NC(C)=O. The van der Waals surface area contributed by atoms with Crippen LogP contribution in [0.1, 0.15) is 13.8 Å². The first-order chi connectivity index (χ1) is 9.81. The lowest BCUT2D eigenvalue weighted by Crippen LogP contribution is -2.70. The first-order valence-electron chi connectivity index (χ1n) is 6.38. The van der Waals surface area contributed by atoms with Crippen LogP contribution < -0.4 is 10.6 Å². The van der Waals surface area contributed by atoms with E-state index in [2.05, 4.69) is 15.7 Å². The van der Waals surface area contributed by atoms with E-state index in [1.807, 2.05) is 0 Å². The van der Waals surface area contributed by atoms with Crippen molar-refractivity contribution in [1.29, 1.82) is 1.43 Å². The molecule has 0 aromatic heterocycles. The van der Waals surface area contributed by atoms with Crippen LogP contribution in [0.5, 0.6) is 0 Å². The van der Waals surface area contributed by atoms with Crippen molar-refractivity contribution in [2.45, 2.75) is 44.2 Å². The smallest absolute Gasteiger partial charge is 0.335 e.